The highest BCUT2D eigenvalue weighted by atomic mass is 35.5. The molecular formula is C12H12Cl2N2O. The fourth-order valence-corrected chi connectivity index (χ4v) is 1.90. The molecule has 1 heterocycles. The molecule has 0 spiro atoms. The highest BCUT2D eigenvalue weighted by Gasteiger charge is 2.13. The second-order valence-corrected chi connectivity index (χ2v) is 4.38. The summed E-state index contributed by atoms with van der Waals surface area (Å²) in [6.45, 7) is 3.55. The Bertz CT molecular complexity index is 511. The number of nitrogens with zero attached hydrogens (tertiary/aromatic N) is 1. The lowest BCUT2D eigenvalue weighted by Crippen LogP contribution is -2.12. The first-order valence-corrected chi connectivity index (χ1v) is 6.06. The number of halogens is 2. The fourth-order valence-electron chi connectivity index (χ4n) is 1.53. The zero-order valence-electron chi connectivity index (χ0n) is 9.34. The van der Waals surface area contributed by atoms with E-state index in [4.69, 9.17) is 27.6 Å². The Labute approximate surface area is 110 Å². The first kappa shape index (κ1) is 12.4. The second-order valence-electron chi connectivity index (χ2n) is 3.53. The molecule has 1 aromatic carbocycles. The summed E-state index contributed by atoms with van der Waals surface area (Å²) in [6.07, 6.45) is 1.42. The van der Waals surface area contributed by atoms with Crippen LogP contribution in [0.2, 0.25) is 10.0 Å². The maximum absolute atomic E-state index is 6.13. The molecule has 0 fully saturated rings. The zero-order chi connectivity index (χ0) is 12.3. The van der Waals surface area contributed by atoms with Gasteiger partial charge in [-0.05, 0) is 24.7 Å². The maximum Gasteiger partial charge on any atom is 0.181 e. The van der Waals surface area contributed by atoms with Crippen LogP contribution in [0.25, 0.3) is 11.3 Å². The number of hydrogen-bond donors (Lipinski definition) is 1. The molecule has 17 heavy (non-hydrogen) atoms. The van der Waals surface area contributed by atoms with E-state index in [1.54, 1.807) is 18.2 Å². The summed E-state index contributed by atoms with van der Waals surface area (Å²) in [6, 6.07) is 5.27. The van der Waals surface area contributed by atoms with Crippen molar-refractivity contribution in [3.8, 4) is 11.3 Å². The number of benzene rings is 1. The number of hydrogen-bond acceptors (Lipinski definition) is 3. The summed E-state index contributed by atoms with van der Waals surface area (Å²) in [4.78, 5) is 4.17. The molecule has 2 rings (SSSR count). The number of rotatable bonds is 4. The molecule has 0 atom stereocenters. The van der Waals surface area contributed by atoms with Crippen LogP contribution in [0.3, 0.4) is 0 Å². The van der Waals surface area contributed by atoms with Gasteiger partial charge in [-0.2, -0.15) is 0 Å². The van der Waals surface area contributed by atoms with Crippen LogP contribution in [0.5, 0.6) is 0 Å². The number of aromatic nitrogens is 1. The molecule has 0 aliphatic carbocycles. The zero-order valence-corrected chi connectivity index (χ0v) is 10.8. The van der Waals surface area contributed by atoms with Crippen molar-refractivity contribution in [2.45, 2.75) is 13.5 Å². The summed E-state index contributed by atoms with van der Waals surface area (Å²) in [5, 5.41) is 4.42. The molecule has 1 aromatic heterocycles. The van der Waals surface area contributed by atoms with Crippen molar-refractivity contribution in [2.75, 3.05) is 6.54 Å². The molecule has 0 aliphatic rings. The van der Waals surface area contributed by atoms with Gasteiger partial charge < -0.3 is 9.73 Å². The molecular weight excluding hydrogens is 259 g/mol. The minimum Gasteiger partial charge on any atom is -0.443 e. The van der Waals surface area contributed by atoms with Crippen molar-refractivity contribution in [1.29, 1.82) is 0 Å². The monoisotopic (exact) mass is 270 g/mol. The molecule has 3 nitrogen and oxygen atoms in total. The largest absolute Gasteiger partial charge is 0.443 e. The van der Waals surface area contributed by atoms with E-state index in [1.165, 1.54) is 6.39 Å². The predicted octanol–water partition coefficient (Wildman–Crippen LogP) is 3.76. The summed E-state index contributed by atoms with van der Waals surface area (Å²) < 4.78 is 5.39. The van der Waals surface area contributed by atoms with Crippen LogP contribution in [0, 0.1) is 0 Å². The normalized spacial score (nSPS) is 10.8. The van der Waals surface area contributed by atoms with Crippen LogP contribution in [-0.4, -0.2) is 11.5 Å². The Morgan fingerprint density at radius 2 is 2.18 bits per heavy atom. The molecule has 0 aliphatic heterocycles. The van der Waals surface area contributed by atoms with Crippen molar-refractivity contribution in [3.05, 3.63) is 40.3 Å². The van der Waals surface area contributed by atoms with Gasteiger partial charge in [-0.15, -0.1) is 0 Å². The summed E-state index contributed by atoms with van der Waals surface area (Å²) in [5.41, 5.74) is 1.60. The average Bonchev–Trinajstić information content (AvgIpc) is 2.77. The topological polar surface area (TPSA) is 38.1 Å². The Morgan fingerprint density at radius 1 is 1.35 bits per heavy atom. The third kappa shape index (κ3) is 2.80. The van der Waals surface area contributed by atoms with E-state index in [9.17, 15) is 0 Å². The Hall–Kier alpha value is -1.03. The van der Waals surface area contributed by atoms with E-state index in [2.05, 4.69) is 10.3 Å². The first-order chi connectivity index (χ1) is 8.22. The van der Waals surface area contributed by atoms with Crippen LogP contribution < -0.4 is 5.32 Å². The van der Waals surface area contributed by atoms with Crippen LogP contribution in [0.15, 0.2) is 29.0 Å². The lowest BCUT2D eigenvalue weighted by Gasteiger charge is -2.04. The van der Waals surface area contributed by atoms with E-state index in [1.807, 2.05) is 6.92 Å². The van der Waals surface area contributed by atoms with Gasteiger partial charge in [0.1, 0.15) is 5.69 Å². The Morgan fingerprint density at radius 3 is 2.94 bits per heavy atom. The van der Waals surface area contributed by atoms with Crippen molar-refractivity contribution in [2.24, 2.45) is 0 Å². The predicted molar refractivity (Wildman–Crippen MR) is 69.3 cm³/mol. The maximum atomic E-state index is 6.13. The van der Waals surface area contributed by atoms with E-state index >= 15 is 0 Å². The SMILES string of the molecule is CCNCc1ncoc1-c1cc(Cl)ccc1Cl. The fraction of sp³-hybridized carbons (Fsp3) is 0.250. The average molecular weight is 271 g/mol. The van der Waals surface area contributed by atoms with E-state index in [0.717, 1.165) is 17.8 Å². The molecule has 0 amide bonds. The quantitative estimate of drug-likeness (QED) is 0.920. The van der Waals surface area contributed by atoms with Gasteiger partial charge >= 0.3 is 0 Å². The van der Waals surface area contributed by atoms with Crippen molar-refractivity contribution >= 4 is 23.2 Å². The van der Waals surface area contributed by atoms with E-state index < -0.39 is 0 Å². The lowest BCUT2D eigenvalue weighted by atomic mass is 10.1. The molecule has 90 valence electrons. The van der Waals surface area contributed by atoms with Gasteiger partial charge in [0.15, 0.2) is 12.2 Å². The van der Waals surface area contributed by atoms with Gasteiger partial charge in [0, 0.05) is 17.1 Å². The Kier molecular flexibility index (Phi) is 4.05. The van der Waals surface area contributed by atoms with Crippen molar-refractivity contribution in [3.63, 3.8) is 0 Å². The lowest BCUT2D eigenvalue weighted by molar-refractivity contribution is 0.570. The van der Waals surface area contributed by atoms with Gasteiger partial charge in [0.25, 0.3) is 0 Å². The van der Waals surface area contributed by atoms with Crippen LogP contribution in [0.1, 0.15) is 12.6 Å². The highest BCUT2D eigenvalue weighted by Crippen LogP contribution is 2.32. The van der Waals surface area contributed by atoms with Gasteiger partial charge in [0.05, 0.1) is 5.02 Å². The molecule has 0 radical (unpaired) electrons. The Balaban J connectivity index is 2.38. The van der Waals surface area contributed by atoms with Gasteiger partial charge in [-0.25, -0.2) is 4.98 Å². The van der Waals surface area contributed by atoms with Gasteiger partial charge in [-0.3, -0.25) is 0 Å². The van der Waals surface area contributed by atoms with E-state index in [0.29, 0.717) is 22.4 Å². The molecule has 2 aromatic rings. The van der Waals surface area contributed by atoms with Crippen LogP contribution in [0.4, 0.5) is 0 Å². The number of nitrogens with one attached hydrogen (secondary N) is 1. The van der Waals surface area contributed by atoms with Crippen LogP contribution in [-0.2, 0) is 6.54 Å². The van der Waals surface area contributed by atoms with Gasteiger partial charge in [-0.1, -0.05) is 30.1 Å². The summed E-state index contributed by atoms with van der Waals surface area (Å²) in [5.74, 6) is 0.665. The highest BCUT2D eigenvalue weighted by molar-refractivity contribution is 6.35. The minimum atomic E-state index is 0.601. The minimum absolute atomic E-state index is 0.601. The third-order valence-corrected chi connectivity index (χ3v) is 2.92. The molecule has 0 unspecified atom stereocenters. The van der Waals surface area contributed by atoms with Crippen molar-refractivity contribution < 1.29 is 4.42 Å². The molecule has 5 heteroatoms. The second kappa shape index (κ2) is 5.54. The third-order valence-electron chi connectivity index (χ3n) is 2.36. The van der Waals surface area contributed by atoms with E-state index in [-0.39, 0.29) is 0 Å². The van der Waals surface area contributed by atoms with Crippen molar-refractivity contribution in [1.82, 2.24) is 10.3 Å². The molecule has 0 saturated heterocycles. The molecule has 0 bridgehead atoms. The smallest absolute Gasteiger partial charge is 0.181 e. The standard InChI is InChI=1S/C12H12Cl2N2O/c1-2-15-6-11-12(17-7-16-11)9-5-8(13)3-4-10(9)14/h3-5,7,15H,2,6H2,1H3. The van der Waals surface area contributed by atoms with Gasteiger partial charge in [0.2, 0.25) is 0 Å². The number of oxazole rings is 1. The summed E-state index contributed by atoms with van der Waals surface area (Å²) >= 11 is 12.1. The molecule has 0 saturated carbocycles. The molecule has 1 N–H and O–H groups in total. The first-order valence-electron chi connectivity index (χ1n) is 5.31. The van der Waals surface area contributed by atoms with Crippen LogP contribution >= 0.6 is 23.2 Å². The summed E-state index contributed by atoms with van der Waals surface area (Å²) in [7, 11) is 0.